The molecular weight excluding hydrogens is 257 g/mol. The predicted octanol–water partition coefficient (Wildman–Crippen LogP) is 1.20. The largest absolute Gasteiger partial charge is 0.518 e. The van der Waals surface area contributed by atoms with Gasteiger partial charge >= 0.3 is 7.12 Å². The minimum atomic E-state index is -0.638. The normalized spacial score (nSPS) is 24.7. The Labute approximate surface area is 119 Å². The van der Waals surface area contributed by atoms with Crippen molar-refractivity contribution >= 4 is 12.7 Å². The quantitative estimate of drug-likeness (QED) is 0.823. The van der Waals surface area contributed by atoms with Crippen LogP contribution in [0.25, 0.3) is 0 Å². The Balaban J connectivity index is 1.90. The van der Waals surface area contributed by atoms with Gasteiger partial charge in [0.05, 0.1) is 24.4 Å². The average Bonchev–Trinajstić information content (AvgIpc) is 2.48. The molecule has 1 aromatic rings. The van der Waals surface area contributed by atoms with Gasteiger partial charge in [-0.1, -0.05) is 0 Å². The number of hydrogen-bond acceptors (Lipinski definition) is 5. The number of aromatic hydroxyl groups is 1. The lowest BCUT2D eigenvalue weighted by molar-refractivity contribution is 0.00578. The van der Waals surface area contributed by atoms with Crippen LogP contribution in [0.3, 0.4) is 0 Å². The van der Waals surface area contributed by atoms with Gasteiger partial charge in [0.2, 0.25) is 0 Å². The topological polar surface area (TPSA) is 60.8 Å². The van der Waals surface area contributed by atoms with E-state index in [1.165, 1.54) is 0 Å². The Morgan fingerprint density at radius 2 is 1.75 bits per heavy atom. The second-order valence-corrected chi connectivity index (χ2v) is 6.46. The van der Waals surface area contributed by atoms with Crippen LogP contribution in [-0.2, 0) is 14.0 Å². The first-order valence-electron chi connectivity index (χ1n) is 6.93. The van der Waals surface area contributed by atoms with Crippen molar-refractivity contribution in [2.24, 2.45) is 0 Å². The summed E-state index contributed by atoms with van der Waals surface area (Å²) < 4.78 is 17.1. The van der Waals surface area contributed by atoms with Crippen molar-refractivity contribution in [1.29, 1.82) is 0 Å². The summed E-state index contributed by atoms with van der Waals surface area (Å²) in [7, 11) is -0.638. The van der Waals surface area contributed by atoms with Crippen molar-refractivity contribution in [3.05, 3.63) is 17.8 Å². The first-order valence-corrected chi connectivity index (χ1v) is 6.93. The lowest BCUT2D eigenvalue weighted by Crippen LogP contribution is -2.41. The molecule has 5 nitrogen and oxygen atoms in total. The Bertz CT molecular complexity index is 512. The molecule has 0 bridgehead atoms. The molecule has 0 atom stereocenters. The van der Waals surface area contributed by atoms with Crippen LogP contribution in [0.5, 0.6) is 5.75 Å². The van der Waals surface area contributed by atoms with E-state index in [2.05, 4.69) is 4.98 Å². The summed E-state index contributed by atoms with van der Waals surface area (Å²) in [5, 5.41) is 10.1. The molecule has 0 saturated carbocycles. The molecule has 20 heavy (non-hydrogen) atoms. The van der Waals surface area contributed by atoms with Gasteiger partial charge in [-0.2, -0.15) is 0 Å². The number of hydrogen-bond donors (Lipinski definition) is 1. The third kappa shape index (κ3) is 2.12. The zero-order chi connectivity index (χ0) is 14.5. The van der Waals surface area contributed by atoms with Crippen LogP contribution in [0.15, 0.2) is 12.1 Å². The van der Waals surface area contributed by atoms with Gasteiger partial charge < -0.3 is 19.2 Å². The van der Waals surface area contributed by atoms with E-state index in [0.717, 1.165) is 5.69 Å². The molecule has 0 aliphatic carbocycles. The highest BCUT2D eigenvalue weighted by Gasteiger charge is 2.53. The number of ether oxygens (including phenoxy) is 1. The van der Waals surface area contributed by atoms with E-state index in [1.807, 2.05) is 33.8 Å². The average molecular weight is 277 g/mol. The second kappa shape index (κ2) is 4.45. The summed E-state index contributed by atoms with van der Waals surface area (Å²) in [5.41, 5.74) is 0.481. The SMILES string of the molecule is CC1(C)OB(c2nc(C3COC3)ccc2O)OC1(C)C. The number of nitrogens with zero attached hydrogens (tertiary/aromatic N) is 1. The van der Waals surface area contributed by atoms with Gasteiger partial charge in [-0.25, -0.2) is 0 Å². The monoisotopic (exact) mass is 277 g/mol. The van der Waals surface area contributed by atoms with Gasteiger partial charge in [0.25, 0.3) is 0 Å². The lowest BCUT2D eigenvalue weighted by Gasteiger charge is -2.32. The minimum absolute atomic E-state index is 0.104. The molecule has 2 saturated heterocycles. The number of aromatic nitrogens is 1. The van der Waals surface area contributed by atoms with Gasteiger partial charge in [0.15, 0.2) is 0 Å². The van der Waals surface area contributed by atoms with Crippen molar-refractivity contribution in [3.63, 3.8) is 0 Å². The molecule has 0 unspecified atom stereocenters. The van der Waals surface area contributed by atoms with Gasteiger partial charge in [-0.15, -0.1) is 0 Å². The molecular formula is C14H20BNO4. The van der Waals surface area contributed by atoms with Crippen LogP contribution in [0.2, 0.25) is 0 Å². The summed E-state index contributed by atoms with van der Waals surface area (Å²) in [4.78, 5) is 4.53. The fraction of sp³-hybridized carbons (Fsp3) is 0.643. The van der Waals surface area contributed by atoms with Crippen LogP contribution in [0, 0.1) is 0 Å². The fourth-order valence-electron chi connectivity index (χ4n) is 2.25. The van der Waals surface area contributed by atoms with Gasteiger partial charge in [0.1, 0.15) is 11.3 Å². The van der Waals surface area contributed by atoms with E-state index < -0.39 is 18.3 Å². The van der Waals surface area contributed by atoms with Crippen LogP contribution in [0.4, 0.5) is 0 Å². The smallest absolute Gasteiger partial charge is 0.507 e. The van der Waals surface area contributed by atoms with E-state index >= 15 is 0 Å². The van der Waals surface area contributed by atoms with Gasteiger partial charge in [0, 0.05) is 11.6 Å². The summed E-state index contributed by atoms with van der Waals surface area (Å²) in [5.74, 6) is 0.407. The molecule has 1 aromatic heterocycles. The summed E-state index contributed by atoms with van der Waals surface area (Å²) >= 11 is 0. The van der Waals surface area contributed by atoms with E-state index in [9.17, 15) is 5.11 Å². The van der Waals surface area contributed by atoms with E-state index in [1.54, 1.807) is 6.07 Å². The Hall–Kier alpha value is -1.11. The molecule has 2 aliphatic heterocycles. The summed E-state index contributed by atoms with van der Waals surface area (Å²) in [6.45, 7) is 9.28. The Kier molecular flexibility index (Phi) is 3.08. The van der Waals surface area contributed by atoms with Crippen molar-refractivity contribution in [1.82, 2.24) is 4.98 Å². The molecule has 0 amide bonds. The molecule has 3 rings (SSSR count). The van der Waals surface area contributed by atoms with Crippen LogP contribution < -0.4 is 5.59 Å². The Morgan fingerprint density at radius 1 is 1.15 bits per heavy atom. The maximum Gasteiger partial charge on any atom is 0.518 e. The third-order valence-electron chi connectivity index (χ3n) is 4.46. The highest BCUT2D eigenvalue weighted by Crippen LogP contribution is 2.37. The number of rotatable bonds is 2. The van der Waals surface area contributed by atoms with Crippen molar-refractivity contribution in [2.75, 3.05) is 13.2 Å². The minimum Gasteiger partial charge on any atom is -0.507 e. The van der Waals surface area contributed by atoms with Crippen molar-refractivity contribution in [3.8, 4) is 5.75 Å². The third-order valence-corrected chi connectivity index (χ3v) is 4.46. The van der Waals surface area contributed by atoms with Crippen molar-refractivity contribution < 1.29 is 19.2 Å². The molecule has 6 heteroatoms. The summed E-state index contributed by atoms with van der Waals surface area (Å²) in [6.07, 6.45) is 0. The van der Waals surface area contributed by atoms with Crippen LogP contribution in [-0.4, -0.2) is 41.6 Å². The molecule has 0 radical (unpaired) electrons. The molecule has 1 N–H and O–H groups in total. The first kappa shape index (κ1) is 13.9. The highest BCUT2D eigenvalue weighted by atomic mass is 16.7. The van der Waals surface area contributed by atoms with Crippen LogP contribution in [0.1, 0.15) is 39.3 Å². The number of pyridine rings is 1. The van der Waals surface area contributed by atoms with Gasteiger partial charge in [-0.3, -0.25) is 4.98 Å². The fourth-order valence-corrected chi connectivity index (χ4v) is 2.25. The van der Waals surface area contributed by atoms with Crippen LogP contribution >= 0.6 is 0 Å². The molecule has 0 spiro atoms. The van der Waals surface area contributed by atoms with E-state index in [0.29, 0.717) is 24.7 Å². The maximum atomic E-state index is 10.1. The van der Waals surface area contributed by atoms with E-state index in [-0.39, 0.29) is 5.75 Å². The second-order valence-electron chi connectivity index (χ2n) is 6.46. The lowest BCUT2D eigenvalue weighted by atomic mass is 9.82. The molecule has 108 valence electrons. The standard InChI is InChI=1S/C14H20BNO4/c1-13(2)14(3,4)20-15(19-13)12-11(17)6-5-10(16-12)9-7-18-8-9/h5-6,9,17H,7-8H2,1-4H3. The molecule has 2 fully saturated rings. The molecule has 3 heterocycles. The van der Waals surface area contributed by atoms with Gasteiger partial charge in [-0.05, 0) is 39.8 Å². The summed E-state index contributed by atoms with van der Waals surface area (Å²) in [6, 6.07) is 3.48. The zero-order valence-electron chi connectivity index (χ0n) is 12.3. The van der Waals surface area contributed by atoms with Crippen molar-refractivity contribution in [2.45, 2.75) is 44.8 Å². The maximum absolute atomic E-state index is 10.1. The zero-order valence-corrected chi connectivity index (χ0v) is 12.3. The molecule has 2 aliphatic rings. The molecule has 0 aromatic carbocycles. The predicted molar refractivity (Wildman–Crippen MR) is 75.2 cm³/mol. The van der Waals surface area contributed by atoms with E-state index in [4.69, 9.17) is 14.0 Å². The first-order chi connectivity index (χ1) is 9.30. The highest BCUT2D eigenvalue weighted by molar-refractivity contribution is 6.62. The Morgan fingerprint density at radius 3 is 2.25 bits per heavy atom.